The normalized spacial score (nSPS) is 11.4. The fourth-order valence-electron chi connectivity index (χ4n) is 3.90. The van der Waals surface area contributed by atoms with Crippen molar-refractivity contribution in [3.8, 4) is 0 Å². The van der Waals surface area contributed by atoms with E-state index in [-0.39, 0.29) is 5.91 Å². The molecule has 0 heterocycles. The summed E-state index contributed by atoms with van der Waals surface area (Å²) in [6, 6.07) is 14.3. The third kappa shape index (κ3) is 10.0. The number of unbranched alkanes of at least 4 members (excludes halogenated alkanes) is 12. The number of rotatable bonds is 16. The zero-order valence-electron chi connectivity index (χ0n) is 18.9. The SMILES string of the molecule is CCCCCCCCCCCCCCCC(=O)NN=Cc1cccc2ccccc12. The molecule has 2 rings (SSSR count). The molecule has 0 fully saturated rings. The van der Waals surface area contributed by atoms with E-state index in [0.717, 1.165) is 23.8 Å². The molecule has 1 N–H and O–H groups in total. The van der Waals surface area contributed by atoms with Gasteiger partial charge in [0.15, 0.2) is 0 Å². The number of fused-ring (bicyclic) bond motifs is 1. The summed E-state index contributed by atoms with van der Waals surface area (Å²) in [6.45, 7) is 2.27. The van der Waals surface area contributed by atoms with Crippen LogP contribution in [-0.2, 0) is 4.79 Å². The first-order valence-electron chi connectivity index (χ1n) is 12.1. The van der Waals surface area contributed by atoms with Crippen molar-refractivity contribution in [1.82, 2.24) is 5.43 Å². The van der Waals surface area contributed by atoms with Gasteiger partial charge < -0.3 is 0 Å². The van der Waals surface area contributed by atoms with E-state index in [1.807, 2.05) is 24.3 Å². The van der Waals surface area contributed by atoms with Crippen molar-refractivity contribution < 1.29 is 4.79 Å². The lowest BCUT2D eigenvalue weighted by Crippen LogP contribution is -2.16. The minimum atomic E-state index is 0.00885. The molecule has 3 nitrogen and oxygen atoms in total. The van der Waals surface area contributed by atoms with Gasteiger partial charge in [0, 0.05) is 12.0 Å². The molecule has 0 aliphatic rings. The molecule has 0 radical (unpaired) electrons. The summed E-state index contributed by atoms with van der Waals surface area (Å²) in [6.07, 6.45) is 19.4. The molecule has 0 saturated carbocycles. The van der Waals surface area contributed by atoms with Crippen LogP contribution in [0.2, 0.25) is 0 Å². The molecular weight excluding hydrogens is 368 g/mol. The number of hydrazone groups is 1. The highest BCUT2D eigenvalue weighted by molar-refractivity contribution is 5.99. The molecule has 0 aliphatic heterocycles. The van der Waals surface area contributed by atoms with Gasteiger partial charge in [0.2, 0.25) is 5.91 Å². The summed E-state index contributed by atoms with van der Waals surface area (Å²) in [5.74, 6) is 0.00885. The van der Waals surface area contributed by atoms with Crippen LogP contribution in [0.4, 0.5) is 0 Å². The Labute approximate surface area is 183 Å². The summed E-state index contributed by atoms with van der Waals surface area (Å²) in [7, 11) is 0. The molecule has 3 heteroatoms. The number of nitrogens with zero attached hydrogens (tertiary/aromatic N) is 1. The predicted octanol–water partition coefficient (Wildman–Crippen LogP) is 7.77. The van der Waals surface area contributed by atoms with Gasteiger partial charge in [-0.25, -0.2) is 5.43 Å². The van der Waals surface area contributed by atoms with Crippen LogP contribution in [0.25, 0.3) is 10.8 Å². The highest BCUT2D eigenvalue weighted by Crippen LogP contribution is 2.17. The lowest BCUT2D eigenvalue weighted by atomic mass is 10.0. The second-order valence-electron chi connectivity index (χ2n) is 8.35. The van der Waals surface area contributed by atoms with Gasteiger partial charge in [0.25, 0.3) is 0 Å². The van der Waals surface area contributed by atoms with Crippen molar-refractivity contribution in [2.45, 2.75) is 96.8 Å². The fourth-order valence-corrected chi connectivity index (χ4v) is 3.90. The van der Waals surface area contributed by atoms with Crippen molar-refractivity contribution in [1.29, 1.82) is 0 Å². The monoisotopic (exact) mass is 408 g/mol. The molecule has 30 heavy (non-hydrogen) atoms. The first-order chi connectivity index (χ1) is 14.8. The smallest absolute Gasteiger partial charge is 0.240 e. The molecule has 0 atom stereocenters. The lowest BCUT2D eigenvalue weighted by molar-refractivity contribution is -0.121. The maximum Gasteiger partial charge on any atom is 0.240 e. The highest BCUT2D eigenvalue weighted by Gasteiger charge is 2.01. The van der Waals surface area contributed by atoms with Gasteiger partial charge in [-0.15, -0.1) is 0 Å². The Morgan fingerprint density at radius 2 is 1.33 bits per heavy atom. The highest BCUT2D eigenvalue weighted by atomic mass is 16.2. The number of hydrogen-bond acceptors (Lipinski definition) is 2. The lowest BCUT2D eigenvalue weighted by Gasteiger charge is -2.03. The summed E-state index contributed by atoms with van der Waals surface area (Å²) in [5, 5.41) is 6.48. The number of carbonyl (C=O) groups is 1. The fraction of sp³-hybridized carbons (Fsp3) is 0.556. The van der Waals surface area contributed by atoms with Gasteiger partial charge >= 0.3 is 0 Å². The Hall–Kier alpha value is -2.16. The van der Waals surface area contributed by atoms with Gasteiger partial charge in [0.1, 0.15) is 0 Å². The molecule has 0 spiro atoms. The third-order valence-electron chi connectivity index (χ3n) is 5.72. The second kappa shape index (κ2) is 15.6. The van der Waals surface area contributed by atoms with E-state index in [2.05, 4.69) is 35.7 Å². The van der Waals surface area contributed by atoms with Gasteiger partial charge in [-0.2, -0.15) is 5.10 Å². The Kier molecular flexibility index (Phi) is 12.6. The molecule has 2 aromatic carbocycles. The predicted molar refractivity (Wildman–Crippen MR) is 130 cm³/mol. The molecule has 0 aliphatic carbocycles. The van der Waals surface area contributed by atoms with Crippen LogP contribution in [0.15, 0.2) is 47.6 Å². The van der Waals surface area contributed by atoms with Crippen LogP contribution in [0.5, 0.6) is 0 Å². The Morgan fingerprint density at radius 1 is 0.767 bits per heavy atom. The first-order valence-corrected chi connectivity index (χ1v) is 12.1. The zero-order chi connectivity index (χ0) is 21.3. The van der Waals surface area contributed by atoms with Crippen LogP contribution >= 0.6 is 0 Å². The van der Waals surface area contributed by atoms with Crippen molar-refractivity contribution >= 4 is 22.9 Å². The van der Waals surface area contributed by atoms with Gasteiger partial charge in [0.05, 0.1) is 6.21 Å². The molecule has 2 aromatic rings. The van der Waals surface area contributed by atoms with Gasteiger partial charge in [-0.3, -0.25) is 4.79 Å². The average Bonchev–Trinajstić information content (AvgIpc) is 2.77. The van der Waals surface area contributed by atoms with E-state index in [1.54, 1.807) is 6.21 Å². The number of hydrogen-bond donors (Lipinski definition) is 1. The summed E-state index contributed by atoms with van der Waals surface area (Å²) in [4.78, 5) is 12.0. The van der Waals surface area contributed by atoms with Crippen molar-refractivity contribution in [3.05, 3.63) is 48.0 Å². The van der Waals surface area contributed by atoms with Gasteiger partial charge in [-0.05, 0) is 17.2 Å². The molecular formula is C27H40N2O. The standard InChI is InChI=1S/C27H40N2O/c1-2-3-4-5-6-7-8-9-10-11-12-13-14-22-27(30)29-28-23-25-20-17-19-24-18-15-16-21-26(24)25/h15-21,23H,2-14,22H2,1H3,(H,29,30). The number of nitrogens with one attached hydrogen (secondary N) is 1. The maximum absolute atomic E-state index is 12.0. The summed E-state index contributed by atoms with van der Waals surface area (Å²) >= 11 is 0. The van der Waals surface area contributed by atoms with Crippen LogP contribution in [-0.4, -0.2) is 12.1 Å². The van der Waals surface area contributed by atoms with Crippen LogP contribution in [0.1, 0.15) is 102 Å². The second-order valence-corrected chi connectivity index (χ2v) is 8.35. The number of amides is 1. The summed E-state index contributed by atoms with van der Waals surface area (Å²) < 4.78 is 0. The van der Waals surface area contributed by atoms with Crippen molar-refractivity contribution in [2.24, 2.45) is 5.10 Å². The van der Waals surface area contributed by atoms with Gasteiger partial charge in [-0.1, -0.05) is 126 Å². The Bertz CT molecular complexity index is 748. The number of carbonyl (C=O) groups excluding carboxylic acids is 1. The molecule has 0 saturated heterocycles. The minimum absolute atomic E-state index is 0.00885. The Balaban J connectivity index is 1.46. The zero-order valence-corrected chi connectivity index (χ0v) is 18.9. The van der Waals surface area contributed by atoms with Crippen LogP contribution < -0.4 is 5.43 Å². The maximum atomic E-state index is 12.0. The van der Waals surface area contributed by atoms with Crippen molar-refractivity contribution in [3.63, 3.8) is 0 Å². The molecule has 0 unspecified atom stereocenters. The first kappa shape index (κ1) is 24.1. The van der Waals surface area contributed by atoms with E-state index >= 15 is 0 Å². The third-order valence-corrected chi connectivity index (χ3v) is 5.72. The molecule has 1 amide bonds. The summed E-state index contributed by atoms with van der Waals surface area (Å²) in [5.41, 5.74) is 3.69. The van der Waals surface area contributed by atoms with E-state index in [9.17, 15) is 4.79 Å². The quantitative estimate of drug-likeness (QED) is 0.172. The number of benzene rings is 2. The van der Waals surface area contributed by atoms with Crippen LogP contribution in [0, 0.1) is 0 Å². The Morgan fingerprint density at radius 3 is 2.00 bits per heavy atom. The topological polar surface area (TPSA) is 41.5 Å². The van der Waals surface area contributed by atoms with E-state index in [4.69, 9.17) is 0 Å². The van der Waals surface area contributed by atoms with Crippen molar-refractivity contribution in [2.75, 3.05) is 0 Å². The molecule has 0 bridgehead atoms. The molecule has 164 valence electrons. The molecule has 0 aromatic heterocycles. The van der Waals surface area contributed by atoms with E-state index < -0.39 is 0 Å². The van der Waals surface area contributed by atoms with E-state index in [1.165, 1.54) is 76.0 Å². The van der Waals surface area contributed by atoms with Crippen LogP contribution in [0.3, 0.4) is 0 Å². The average molecular weight is 409 g/mol. The van der Waals surface area contributed by atoms with E-state index in [0.29, 0.717) is 6.42 Å². The minimum Gasteiger partial charge on any atom is -0.273 e. The largest absolute Gasteiger partial charge is 0.273 e.